The van der Waals surface area contributed by atoms with Crippen LogP contribution in [0.2, 0.25) is 0 Å². The minimum absolute atomic E-state index is 0.353. The van der Waals surface area contributed by atoms with Gasteiger partial charge in [0, 0.05) is 12.5 Å². The molecule has 0 bridgehead atoms. The summed E-state index contributed by atoms with van der Waals surface area (Å²) in [6.45, 7) is -0.506. The van der Waals surface area contributed by atoms with Crippen molar-refractivity contribution in [1.82, 2.24) is 0 Å². The molecule has 0 aromatic carbocycles. The first-order valence-corrected chi connectivity index (χ1v) is 7.33. The van der Waals surface area contributed by atoms with Gasteiger partial charge in [-0.05, 0) is 0 Å². The molecule has 130 valence electrons. The van der Waals surface area contributed by atoms with Crippen molar-refractivity contribution >= 4 is 0 Å². The van der Waals surface area contributed by atoms with Crippen LogP contribution in [0.5, 0.6) is 0 Å². The van der Waals surface area contributed by atoms with Gasteiger partial charge in [-0.2, -0.15) is 0 Å². The zero-order chi connectivity index (χ0) is 16.6. The second kappa shape index (κ2) is 7.01. The zero-order valence-electron chi connectivity index (χ0n) is 12.2. The second-order valence-corrected chi connectivity index (χ2v) is 6.11. The number of aliphatic hydroxyl groups excluding tert-OH is 5. The van der Waals surface area contributed by atoms with Gasteiger partial charge in [-0.15, -0.1) is 0 Å². The smallest absolute Gasteiger partial charge is 0.214 e. The summed E-state index contributed by atoms with van der Waals surface area (Å²) in [6.07, 6.45) is -7.55. The number of aliphatic hydroxyl groups is 5. The Morgan fingerprint density at radius 3 is 2.27 bits per heavy atom. The molecule has 10 heteroatoms. The van der Waals surface area contributed by atoms with Crippen LogP contribution in [0.3, 0.4) is 0 Å². The molecule has 2 fully saturated rings. The molecule has 10 atom stereocenters. The van der Waals surface area contributed by atoms with E-state index in [9.17, 15) is 25.5 Å². The molecule has 22 heavy (non-hydrogen) atoms. The lowest BCUT2D eigenvalue weighted by Gasteiger charge is -2.43. The Hall–Kier alpha value is -0.400. The first kappa shape index (κ1) is 17.9. The van der Waals surface area contributed by atoms with E-state index in [0.29, 0.717) is 6.42 Å². The summed E-state index contributed by atoms with van der Waals surface area (Å²) < 4.78 is 11.0. The summed E-state index contributed by atoms with van der Waals surface area (Å²) in [4.78, 5) is 0. The quantitative estimate of drug-likeness (QED) is 0.250. The van der Waals surface area contributed by atoms with Crippen molar-refractivity contribution in [3.05, 3.63) is 0 Å². The molecule has 0 aromatic rings. The van der Waals surface area contributed by atoms with Gasteiger partial charge in [0.1, 0.15) is 42.7 Å². The molecular formula is C12H27N3O7+2. The topological polar surface area (TPSA) is 201 Å². The summed E-state index contributed by atoms with van der Waals surface area (Å²) in [6, 6.07) is -1.83. The molecule has 13 N–H and O–H groups in total. The third-order valence-corrected chi connectivity index (χ3v) is 4.47. The second-order valence-electron chi connectivity index (χ2n) is 6.11. The van der Waals surface area contributed by atoms with E-state index in [-0.39, 0.29) is 0 Å². The minimum atomic E-state index is -1.29. The Kier molecular flexibility index (Phi) is 5.72. The maximum Gasteiger partial charge on any atom is 0.214 e. The van der Waals surface area contributed by atoms with Gasteiger partial charge in [0.05, 0.1) is 6.61 Å². The van der Waals surface area contributed by atoms with Crippen LogP contribution in [-0.4, -0.2) is 93.2 Å². The first-order valence-electron chi connectivity index (χ1n) is 7.33. The third-order valence-electron chi connectivity index (χ3n) is 4.47. The van der Waals surface area contributed by atoms with E-state index in [1.165, 1.54) is 0 Å². The van der Waals surface area contributed by atoms with E-state index in [4.69, 9.17) is 15.2 Å². The molecule has 0 spiro atoms. The molecule has 10 unspecified atom stereocenters. The number of nitrogens with two attached hydrogens (primary N) is 1. The van der Waals surface area contributed by atoms with E-state index in [1.54, 1.807) is 0 Å². The van der Waals surface area contributed by atoms with Gasteiger partial charge in [-0.3, -0.25) is 0 Å². The molecular weight excluding hydrogens is 298 g/mol. The molecule has 1 saturated carbocycles. The number of quaternary nitrogens is 2. The van der Waals surface area contributed by atoms with Gasteiger partial charge in [-0.1, -0.05) is 0 Å². The number of ether oxygens (including phenoxy) is 2. The summed E-state index contributed by atoms with van der Waals surface area (Å²) in [5.74, 6) is 0. The first-order chi connectivity index (χ1) is 10.3. The van der Waals surface area contributed by atoms with Crippen molar-refractivity contribution in [2.75, 3.05) is 6.61 Å². The third kappa shape index (κ3) is 3.26. The fourth-order valence-electron chi connectivity index (χ4n) is 2.96. The van der Waals surface area contributed by atoms with Crippen molar-refractivity contribution in [2.24, 2.45) is 5.73 Å². The number of hydrogen-bond donors (Lipinski definition) is 8. The minimum Gasteiger partial charge on any atom is -0.394 e. The number of rotatable bonds is 3. The fourth-order valence-corrected chi connectivity index (χ4v) is 2.96. The Balaban J connectivity index is 2.08. The Morgan fingerprint density at radius 1 is 1.05 bits per heavy atom. The van der Waals surface area contributed by atoms with Crippen LogP contribution in [0.15, 0.2) is 0 Å². The average Bonchev–Trinajstić information content (AvgIpc) is 2.49. The Labute approximate surface area is 127 Å². The van der Waals surface area contributed by atoms with E-state index >= 15 is 0 Å². The Bertz CT molecular complexity index is 375. The lowest BCUT2D eigenvalue weighted by Crippen LogP contribution is -2.80. The van der Waals surface area contributed by atoms with Crippen LogP contribution in [0, 0.1) is 0 Å². The lowest BCUT2D eigenvalue weighted by atomic mass is 9.84. The summed E-state index contributed by atoms with van der Waals surface area (Å²) in [7, 11) is 0. The molecule has 10 nitrogen and oxygen atoms in total. The van der Waals surface area contributed by atoms with Gasteiger partial charge in [0.25, 0.3) is 0 Å². The van der Waals surface area contributed by atoms with Gasteiger partial charge < -0.3 is 52.2 Å². The molecule has 1 saturated heterocycles. The van der Waals surface area contributed by atoms with Crippen LogP contribution >= 0.6 is 0 Å². The van der Waals surface area contributed by atoms with Gasteiger partial charge in [0.2, 0.25) is 6.29 Å². The standard InChI is InChI=1S/C12H25N3O7/c13-3-1-4(14)11(10(20)7(3)17)22-12-6(15)9(19)8(18)5(2-16)21-12/h3-12,16-20H,1-2,13-15H2/p+2. The van der Waals surface area contributed by atoms with Gasteiger partial charge in [0.15, 0.2) is 6.04 Å². The zero-order valence-corrected chi connectivity index (χ0v) is 12.2. The number of hydrogen-bond acceptors (Lipinski definition) is 8. The van der Waals surface area contributed by atoms with Crippen molar-refractivity contribution in [1.29, 1.82) is 0 Å². The molecule has 2 rings (SSSR count). The van der Waals surface area contributed by atoms with Gasteiger partial charge in [-0.25, -0.2) is 0 Å². The molecule has 1 heterocycles. The average molecular weight is 325 g/mol. The van der Waals surface area contributed by atoms with E-state index in [1.807, 2.05) is 0 Å². The monoisotopic (exact) mass is 325 g/mol. The summed E-state index contributed by atoms with van der Waals surface area (Å²) in [5, 5.41) is 48.9. The molecule has 0 radical (unpaired) electrons. The van der Waals surface area contributed by atoms with E-state index in [2.05, 4.69) is 11.5 Å². The molecule has 0 amide bonds. The molecule has 1 aliphatic carbocycles. The van der Waals surface area contributed by atoms with E-state index < -0.39 is 67.6 Å². The predicted octanol–water partition coefficient (Wildman–Crippen LogP) is -6.52. The van der Waals surface area contributed by atoms with Crippen molar-refractivity contribution in [2.45, 2.75) is 67.5 Å². The van der Waals surface area contributed by atoms with Crippen LogP contribution in [-0.2, 0) is 9.47 Å². The largest absolute Gasteiger partial charge is 0.394 e. The summed E-state index contributed by atoms with van der Waals surface area (Å²) in [5.41, 5.74) is 13.4. The highest BCUT2D eigenvalue weighted by molar-refractivity contribution is 4.96. The highest BCUT2D eigenvalue weighted by Gasteiger charge is 2.50. The van der Waals surface area contributed by atoms with Crippen LogP contribution in [0.25, 0.3) is 0 Å². The lowest BCUT2D eigenvalue weighted by molar-refractivity contribution is -0.507. The highest BCUT2D eigenvalue weighted by Crippen LogP contribution is 2.26. The maximum absolute atomic E-state index is 10.1. The van der Waals surface area contributed by atoms with Gasteiger partial charge >= 0.3 is 0 Å². The van der Waals surface area contributed by atoms with Crippen LogP contribution < -0.4 is 17.2 Å². The SMILES string of the molecule is NC1CC([NH3+])C(O)C(O)C1OC1OC(CO)C(O)C(O)C1[NH3+]. The maximum atomic E-state index is 10.1. The normalized spacial score (nSPS) is 53.5. The predicted molar refractivity (Wildman–Crippen MR) is 70.6 cm³/mol. The van der Waals surface area contributed by atoms with Crippen LogP contribution in [0.4, 0.5) is 0 Å². The molecule has 2 aliphatic rings. The Morgan fingerprint density at radius 2 is 1.68 bits per heavy atom. The molecule has 1 aliphatic heterocycles. The summed E-state index contributed by atoms with van der Waals surface area (Å²) >= 11 is 0. The van der Waals surface area contributed by atoms with Crippen molar-refractivity contribution in [3.63, 3.8) is 0 Å². The highest BCUT2D eigenvalue weighted by atomic mass is 16.7. The van der Waals surface area contributed by atoms with Crippen molar-refractivity contribution < 1.29 is 46.5 Å². The van der Waals surface area contributed by atoms with Crippen molar-refractivity contribution in [3.8, 4) is 0 Å². The van der Waals surface area contributed by atoms with Crippen LogP contribution in [0.1, 0.15) is 6.42 Å². The molecule has 0 aromatic heterocycles. The fraction of sp³-hybridized carbons (Fsp3) is 1.00. The van der Waals surface area contributed by atoms with E-state index in [0.717, 1.165) is 0 Å².